The van der Waals surface area contributed by atoms with Crippen molar-refractivity contribution in [2.75, 3.05) is 31.7 Å². The smallest absolute Gasteiger partial charge is 0.264 e. The Balaban J connectivity index is 1.79. The third-order valence-corrected chi connectivity index (χ3v) is 6.70. The molecule has 3 aromatic rings. The number of hydrogen-bond donors (Lipinski definition) is 0. The summed E-state index contributed by atoms with van der Waals surface area (Å²) in [6.07, 6.45) is 0. The van der Waals surface area contributed by atoms with Crippen molar-refractivity contribution in [2.45, 2.75) is 4.90 Å². The van der Waals surface area contributed by atoms with E-state index in [4.69, 9.17) is 14.2 Å². The highest BCUT2D eigenvalue weighted by Gasteiger charge is 2.31. The molecule has 0 radical (unpaired) electrons. The maximum absolute atomic E-state index is 13.8. The standard InChI is InChI=1S/C22H20FNO5S/c1-27-17-5-3-4-15(12-17)16-6-9-21-20(13-16)24(10-11-29-21)30(25,26)18-7-8-19(23)22(14-18)28-2/h3-9,12-14H,10-11H2,1-2H3. The summed E-state index contributed by atoms with van der Waals surface area (Å²) in [6, 6.07) is 16.4. The Labute approximate surface area is 174 Å². The lowest BCUT2D eigenvalue weighted by atomic mass is 10.0. The van der Waals surface area contributed by atoms with Crippen LogP contribution in [0.5, 0.6) is 17.2 Å². The van der Waals surface area contributed by atoms with Crippen LogP contribution in [0, 0.1) is 5.82 Å². The lowest BCUT2D eigenvalue weighted by Crippen LogP contribution is -2.38. The van der Waals surface area contributed by atoms with Gasteiger partial charge in [-0.25, -0.2) is 12.8 Å². The van der Waals surface area contributed by atoms with Gasteiger partial charge in [-0.05, 0) is 47.5 Å². The number of fused-ring (bicyclic) bond motifs is 1. The minimum atomic E-state index is -3.95. The van der Waals surface area contributed by atoms with Crippen molar-refractivity contribution >= 4 is 15.7 Å². The summed E-state index contributed by atoms with van der Waals surface area (Å²) < 4.78 is 57.6. The van der Waals surface area contributed by atoms with Crippen LogP contribution in [0.3, 0.4) is 0 Å². The van der Waals surface area contributed by atoms with Crippen LogP contribution in [-0.4, -0.2) is 35.8 Å². The van der Waals surface area contributed by atoms with Gasteiger partial charge in [0.15, 0.2) is 11.6 Å². The van der Waals surface area contributed by atoms with Gasteiger partial charge in [0.2, 0.25) is 0 Å². The molecule has 1 aliphatic heterocycles. The Hall–Kier alpha value is -3.26. The molecule has 156 valence electrons. The van der Waals surface area contributed by atoms with Crippen LogP contribution in [0.1, 0.15) is 0 Å². The zero-order chi connectivity index (χ0) is 21.3. The largest absolute Gasteiger partial charge is 0.497 e. The quantitative estimate of drug-likeness (QED) is 0.611. The number of methoxy groups -OCH3 is 2. The zero-order valence-electron chi connectivity index (χ0n) is 16.5. The second-order valence-corrected chi connectivity index (χ2v) is 8.50. The number of hydrogen-bond acceptors (Lipinski definition) is 5. The summed E-state index contributed by atoms with van der Waals surface area (Å²) >= 11 is 0. The van der Waals surface area contributed by atoms with Gasteiger partial charge in [-0.15, -0.1) is 0 Å². The molecule has 0 atom stereocenters. The van der Waals surface area contributed by atoms with Crippen molar-refractivity contribution < 1.29 is 27.0 Å². The van der Waals surface area contributed by atoms with Crippen LogP contribution >= 0.6 is 0 Å². The molecule has 0 aliphatic carbocycles. The lowest BCUT2D eigenvalue weighted by Gasteiger charge is -2.31. The topological polar surface area (TPSA) is 65.1 Å². The Morgan fingerprint density at radius 3 is 2.53 bits per heavy atom. The minimum absolute atomic E-state index is 0.0552. The van der Waals surface area contributed by atoms with Gasteiger partial charge in [0.1, 0.15) is 18.1 Å². The van der Waals surface area contributed by atoms with Gasteiger partial charge in [-0.1, -0.05) is 18.2 Å². The summed E-state index contributed by atoms with van der Waals surface area (Å²) in [5.74, 6) is 0.406. The van der Waals surface area contributed by atoms with Crippen LogP contribution in [0.15, 0.2) is 65.6 Å². The second kappa shape index (κ2) is 7.87. The average Bonchev–Trinajstić information content (AvgIpc) is 2.78. The summed E-state index contributed by atoms with van der Waals surface area (Å²) in [5.41, 5.74) is 2.11. The van der Waals surface area contributed by atoms with Crippen molar-refractivity contribution in [3.8, 4) is 28.4 Å². The molecule has 0 bridgehead atoms. The third kappa shape index (κ3) is 3.54. The molecule has 8 heteroatoms. The molecule has 0 aromatic heterocycles. The van der Waals surface area contributed by atoms with E-state index < -0.39 is 15.8 Å². The van der Waals surface area contributed by atoms with Crippen LogP contribution in [0.2, 0.25) is 0 Å². The zero-order valence-corrected chi connectivity index (χ0v) is 17.3. The van der Waals surface area contributed by atoms with Crippen molar-refractivity contribution in [2.24, 2.45) is 0 Å². The molecular weight excluding hydrogens is 409 g/mol. The summed E-state index contributed by atoms with van der Waals surface area (Å²) in [6.45, 7) is 0.347. The first kappa shape index (κ1) is 20.0. The highest BCUT2D eigenvalue weighted by atomic mass is 32.2. The van der Waals surface area contributed by atoms with E-state index in [9.17, 15) is 12.8 Å². The van der Waals surface area contributed by atoms with Crippen LogP contribution in [0.25, 0.3) is 11.1 Å². The van der Waals surface area contributed by atoms with E-state index in [0.717, 1.165) is 17.2 Å². The molecule has 1 heterocycles. The number of anilines is 1. The van der Waals surface area contributed by atoms with Crippen molar-refractivity contribution in [1.29, 1.82) is 0 Å². The normalized spacial score (nSPS) is 13.4. The molecule has 4 rings (SSSR count). The Bertz CT molecular complexity index is 1200. The number of rotatable bonds is 5. The molecule has 0 unspecified atom stereocenters. The predicted molar refractivity (Wildman–Crippen MR) is 111 cm³/mol. The van der Waals surface area contributed by atoms with Gasteiger partial charge in [0, 0.05) is 6.07 Å². The van der Waals surface area contributed by atoms with Crippen molar-refractivity contribution in [3.63, 3.8) is 0 Å². The lowest BCUT2D eigenvalue weighted by molar-refractivity contribution is 0.316. The number of nitrogens with zero attached hydrogens (tertiary/aromatic N) is 1. The number of halogens is 1. The van der Waals surface area contributed by atoms with E-state index in [0.29, 0.717) is 17.2 Å². The Kier molecular flexibility index (Phi) is 5.26. The molecule has 3 aromatic carbocycles. The van der Waals surface area contributed by atoms with Crippen molar-refractivity contribution in [3.05, 3.63) is 66.5 Å². The molecular formula is C22H20FNO5S. The predicted octanol–water partition coefficient (Wildman–Crippen LogP) is 4.10. The van der Waals surface area contributed by atoms with E-state index in [2.05, 4.69) is 0 Å². The van der Waals surface area contributed by atoms with Crippen molar-refractivity contribution in [1.82, 2.24) is 0 Å². The van der Waals surface area contributed by atoms with E-state index in [1.165, 1.54) is 23.5 Å². The molecule has 0 fully saturated rings. The first-order chi connectivity index (χ1) is 14.4. The van der Waals surface area contributed by atoms with Gasteiger partial charge >= 0.3 is 0 Å². The summed E-state index contributed by atoms with van der Waals surface area (Å²) in [7, 11) is -1.08. The molecule has 0 spiro atoms. The molecule has 0 amide bonds. The maximum Gasteiger partial charge on any atom is 0.264 e. The molecule has 6 nitrogen and oxygen atoms in total. The van der Waals surface area contributed by atoms with Gasteiger partial charge in [-0.3, -0.25) is 4.31 Å². The SMILES string of the molecule is COc1cccc(-c2ccc3c(c2)N(S(=O)(=O)c2ccc(F)c(OC)c2)CCO3)c1. The number of ether oxygens (including phenoxy) is 3. The first-order valence-corrected chi connectivity index (χ1v) is 10.7. The molecule has 0 saturated heterocycles. The third-order valence-electron chi connectivity index (χ3n) is 4.89. The fourth-order valence-corrected chi connectivity index (χ4v) is 4.82. The fraction of sp³-hybridized carbons (Fsp3) is 0.182. The first-order valence-electron chi connectivity index (χ1n) is 9.21. The van der Waals surface area contributed by atoms with E-state index >= 15 is 0 Å². The van der Waals surface area contributed by atoms with Gasteiger partial charge < -0.3 is 14.2 Å². The molecule has 0 N–H and O–H groups in total. The highest BCUT2D eigenvalue weighted by Crippen LogP contribution is 2.39. The Morgan fingerprint density at radius 1 is 0.967 bits per heavy atom. The van der Waals surface area contributed by atoms with Crippen LogP contribution in [-0.2, 0) is 10.0 Å². The second-order valence-electron chi connectivity index (χ2n) is 6.64. The molecule has 1 aliphatic rings. The monoisotopic (exact) mass is 429 g/mol. The van der Waals surface area contributed by atoms with Crippen LogP contribution in [0.4, 0.5) is 10.1 Å². The fourth-order valence-electron chi connectivity index (χ4n) is 3.35. The summed E-state index contributed by atoms with van der Waals surface area (Å²) in [5, 5.41) is 0. The van der Waals surface area contributed by atoms with E-state index in [-0.39, 0.29) is 23.8 Å². The Morgan fingerprint density at radius 2 is 1.77 bits per heavy atom. The number of sulfonamides is 1. The van der Waals surface area contributed by atoms with E-state index in [1.54, 1.807) is 19.2 Å². The van der Waals surface area contributed by atoms with Gasteiger partial charge in [0.05, 0.1) is 31.3 Å². The maximum atomic E-state index is 13.8. The van der Waals surface area contributed by atoms with Gasteiger partial charge in [-0.2, -0.15) is 0 Å². The number of benzene rings is 3. The van der Waals surface area contributed by atoms with E-state index in [1.807, 2.05) is 30.3 Å². The van der Waals surface area contributed by atoms with Crippen LogP contribution < -0.4 is 18.5 Å². The summed E-state index contributed by atoms with van der Waals surface area (Å²) in [4.78, 5) is -0.0552. The highest BCUT2D eigenvalue weighted by molar-refractivity contribution is 7.92. The molecule has 0 saturated carbocycles. The van der Waals surface area contributed by atoms with Gasteiger partial charge in [0.25, 0.3) is 10.0 Å². The molecule has 30 heavy (non-hydrogen) atoms. The average molecular weight is 429 g/mol. The minimum Gasteiger partial charge on any atom is -0.497 e.